The van der Waals surface area contributed by atoms with Gasteiger partial charge < -0.3 is 10.4 Å². The van der Waals surface area contributed by atoms with E-state index >= 15 is 0 Å². The SMILES string of the molecule is O=C(O)CNc1ccnn(Cc2ccccc2)c1=O. The summed E-state index contributed by atoms with van der Waals surface area (Å²) in [6, 6.07) is 10.9. The van der Waals surface area contributed by atoms with Crippen molar-refractivity contribution in [3.05, 3.63) is 58.5 Å². The molecule has 2 rings (SSSR count). The molecule has 98 valence electrons. The van der Waals surface area contributed by atoms with E-state index in [4.69, 9.17) is 5.11 Å². The van der Waals surface area contributed by atoms with Gasteiger partial charge in [0, 0.05) is 6.20 Å². The highest BCUT2D eigenvalue weighted by Gasteiger charge is 2.05. The second-order valence-electron chi connectivity index (χ2n) is 3.94. The van der Waals surface area contributed by atoms with E-state index in [-0.39, 0.29) is 17.8 Å². The van der Waals surface area contributed by atoms with Gasteiger partial charge in [-0.15, -0.1) is 0 Å². The maximum Gasteiger partial charge on any atom is 0.322 e. The summed E-state index contributed by atoms with van der Waals surface area (Å²) in [5.74, 6) is -1.02. The molecule has 0 aliphatic rings. The lowest BCUT2D eigenvalue weighted by atomic mass is 10.2. The van der Waals surface area contributed by atoms with Gasteiger partial charge >= 0.3 is 5.97 Å². The summed E-state index contributed by atoms with van der Waals surface area (Å²) in [6.07, 6.45) is 1.47. The summed E-state index contributed by atoms with van der Waals surface area (Å²) < 4.78 is 1.29. The first-order valence-corrected chi connectivity index (χ1v) is 5.72. The van der Waals surface area contributed by atoms with Crippen molar-refractivity contribution in [1.29, 1.82) is 0 Å². The molecular weight excluding hydrogens is 246 g/mol. The molecule has 0 saturated carbocycles. The Balaban J connectivity index is 2.20. The minimum Gasteiger partial charge on any atom is -0.480 e. The number of benzene rings is 1. The molecule has 0 spiro atoms. The predicted molar refractivity (Wildman–Crippen MR) is 70.2 cm³/mol. The van der Waals surface area contributed by atoms with Crippen molar-refractivity contribution in [1.82, 2.24) is 9.78 Å². The molecule has 2 aromatic rings. The highest BCUT2D eigenvalue weighted by molar-refractivity contribution is 5.72. The third-order valence-electron chi connectivity index (χ3n) is 2.52. The van der Waals surface area contributed by atoms with Crippen LogP contribution in [0.25, 0.3) is 0 Å². The Kier molecular flexibility index (Phi) is 3.92. The second kappa shape index (κ2) is 5.81. The molecule has 0 aliphatic carbocycles. The van der Waals surface area contributed by atoms with E-state index in [9.17, 15) is 9.59 Å². The number of aliphatic carboxylic acids is 1. The molecule has 1 heterocycles. The van der Waals surface area contributed by atoms with Crippen molar-refractivity contribution in [2.24, 2.45) is 0 Å². The molecule has 19 heavy (non-hydrogen) atoms. The van der Waals surface area contributed by atoms with Crippen LogP contribution in [0.15, 0.2) is 47.4 Å². The first-order chi connectivity index (χ1) is 9.16. The molecule has 2 N–H and O–H groups in total. The van der Waals surface area contributed by atoms with E-state index in [0.29, 0.717) is 6.54 Å². The van der Waals surface area contributed by atoms with Gasteiger partial charge in [0.05, 0.1) is 6.54 Å². The fraction of sp³-hybridized carbons (Fsp3) is 0.154. The van der Waals surface area contributed by atoms with Crippen LogP contribution in [0.5, 0.6) is 0 Å². The van der Waals surface area contributed by atoms with E-state index < -0.39 is 5.97 Å². The number of aromatic nitrogens is 2. The lowest BCUT2D eigenvalue weighted by molar-refractivity contribution is -0.134. The third-order valence-corrected chi connectivity index (χ3v) is 2.52. The molecule has 6 nitrogen and oxygen atoms in total. The van der Waals surface area contributed by atoms with Gasteiger partial charge in [-0.2, -0.15) is 5.10 Å². The van der Waals surface area contributed by atoms with Crippen molar-refractivity contribution < 1.29 is 9.90 Å². The van der Waals surface area contributed by atoms with Crippen LogP contribution < -0.4 is 10.9 Å². The van der Waals surface area contributed by atoms with Crippen molar-refractivity contribution in [3.8, 4) is 0 Å². The van der Waals surface area contributed by atoms with Crippen LogP contribution in [0.2, 0.25) is 0 Å². The Morgan fingerprint density at radius 3 is 2.68 bits per heavy atom. The largest absolute Gasteiger partial charge is 0.480 e. The lowest BCUT2D eigenvalue weighted by Crippen LogP contribution is -2.27. The number of hydrogen-bond acceptors (Lipinski definition) is 4. The van der Waals surface area contributed by atoms with Crippen LogP contribution in [0.3, 0.4) is 0 Å². The van der Waals surface area contributed by atoms with Crippen LogP contribution in [0.1, 0.15) is 5.56 Å². The Labute approximate surface area is 109 Å². The van der Waals surface area contributed by atoms with Crippen molar-refractivity contribution in [2.75, 3.05) is 11.9 Å². The third kappa shape index (κ3) is 3.41. The van der Waals surface area contributed by atoms with Gasteiger partial charge in [0.15, 0.2) is 0 Å². The minimum absolute atomic E-state index is 0.230. The van der Waals surface area contributed by atoms with Gasteiger partial charge in [0.25, 0.3) is 5.56 Å². The Bertz CT molecular complexity index is 623. The highest BCUT2D eigenvalue weighted by atomic mass is 16.4. The van der Waals surface area contributed by atoms with E-state index in [1.54, 1.807) is 0 Å². The highest BCUT2D eigenvalue weighted by Crippen LogP contribution is 2.01. The van der Waals surface area contributed by atoms with Crippen LogP contribution >= 0.6 is 0 Å². The average molecular weight is 259 g/mol. The van der Waals surface area contributed by atoms with E-state index in [2.05, 4.69) is 10.4 Å². The Morgan fingerprint density at radius 2 is 2.00 bits per heavy atom. The summed E-state index contributed by atoms with van der Waals surface area (Å²) in [5.41, 5.74) is 0.841. The lowest BCUT2D eigenvalue weighted by Gasteiger charge is -2.07. The molecule has 1 aromatic carbocycles. The zero-order chi connectivity index (χ0) is 13.7. The fourth-order valence-electron chi connectivity index (χ4n) is 1.63. The second-order valence-corrected chi connectivity index (χ2v) is 3.94. The molecule has 0 fully saturated rings. The molecular formula is C13H13N3O3. The summed E-state index contributed by atoms with van der Waals surface area (Å²) in [4.78, 5) is 22.5. The zero-order valence-corrected chi connectivity index (χ0v) is 10.1. The fourth-order valence-corrected chi connectivity index (χ4v) is 1.63. The summed E-state index contributed by atoms with van der Waals surface area (Å²) in [7, 11) is 0. The first-order valence-electron chi connectivity index (χ1n) is 5.72. The Hall–Kier alpha value is -2.63. The number of carboxylic acids is 1. The number of carbonyl (C=O) groups is 1. The molecule has 6 heteroatoms. The van der Waals surface area contributed by atoms with E-state index in [1.807, 2.05) is 30.3 Å². The summed E-state index contributed by atoms with van der Waals surface area (Å²) in [6.45, 7) is 0.0485. The average Bonchev–Trinajstić information content (AvgIpc) is 2.41. The topological polar surface area (TPSA) is 84.2 Å². The molecule has 0 saturated heterocycles. The summed E-state index contributed by atoms with van der Waals surface area (Å²) >= 11 is 0. The number of nitrogens with zero attached hydrogens (tertiary/aromatic N) is 2. The van der Waals surface area contributed by atoms with Crippen LogP contribution in [0, 0.1) is 0 Å². The smallest absolute Gasteiger partial charge is 0.322 e. The van der Waals surface area contributed by atoms with Crippen LogP contribution in [-0.4, -0.2) is 27.4 Å². The normalized spacial score (nSPS) is 10.1. The number of nitrogens with one attached hydrogen (secondary N) is 1. The molecule has 0 unspecified atom stereocenters. The van der Waals surface area contributed by atoms with Crippen LogP contribution in [0.4, 0.5) is 5.69 Å². The van der Waals surface area contributed by atoms with Gasteiger partial charge in [-0.25, -0.2) is 4.68 Å². The number of carboxylic acid groups (broad SMARTS) is 1. The Morgan fingerprint density at radius 1 is 1.26 bits per heavy atom. The van der Waals surface area contributed by atoms with E-state index in [0.717, 1.165) is 5.56 Å². The summed E-state index contributed by atoms with van der Waals surface area (Å²) in [5, 5.41) is 15.1. The van der Waals surface area contributed by atoms with Gasteiger partial charge in [0.2, 0.25) is 0 Å². The first kappa shape index (κ1) is 12.8. The minimum atomic E-state index is -1.02. The molecule has 0 aliphatic heterocycles. The van der Waals surface area contributed by atoms with Gasteiger partial charge in [0.1, 0.15) is 12.2 Å². The van der Waals surface area contributed by atoms with E-state index in [1.165, 1.54) is 16.9 Å². The van der Waals surface area contributed by atoms with Gasteiger partial charge in [-0.1, -0.05) is 30.3 Å². The molecule has 0 radical (unpaired) electrons. The molecule has 0 atom stereocenters. The maximum atomic E-state index is 12.0. The van der Waals surface area contributed by atoms with Gasteiger partial charge in [-0.05, 0) is 11.6 Å². The number of rotatable bonds is 5. The number of anilines is 1. The molecule has 1 aromatic heterocycles. The standard InChI is InChI=1S/C13H13N3O3/c17-12(18)8-14-11-6-7-15-16(13(11)19)9-10-4-2-1-3-5-10/h1-7,14H,8-9H2,(H,17,18). The monoisotopic (exact) mass is 259 g/mol. The van der Waals surface area contributed by atoms with Crippen molar-refractivity contribution in [2.45, 2.75) is 6.54 Å². The maximum absolute atomic E-state index is 12.0. The van der Waals surface area contributed by atoms with Gasteiger partial charge in [-0.3, -0.25) is 9.59 Å². The predicted octanol–water partition coefficient (Wildman–Crippen LogP) is 0.788. The molecule has 0 amide bonds. The van der Waals surface area contributed by atoms with Crippen LogP contribution in [-0.2, 0) is 11.3 Å². The quantitative estimate of drug-likeness (QED) is 0.829. The number of hydrogen-bond donors (Lipinski definition) is 2. The zero-order valence-electron chi connectivity index (χ0n) is 10.1. The van der Waals surface area contributed by atoms with Crippen molar-refractivity contribution >= 4 is 11.7 Å². The van der Waals surface area contributed by atoms with Crippen molar-refractivity contribution in [3.63, 3.8) is 0 Å². The molecule has 0 bridgehead atoms.